The van der Waals surface area contributed by atoms with Crippen LogP contribution in [0, 0.1) is 10.1 Å². The SMILES string of the molecule is CC(CC(=O)N1CCCCC1)=NNC(=O)c1cccc([N+](=O)[O-])c1. The van der Waals surface area contributed by atoms with Crippen LogP contribution in [0.25, 0.3) is 0 Å². The van der Waals surface area contributed by atoms with Crippen molar-refractivity contribution in [2.45, 2.75) is 32.6 Å². The zero-order valence-electron chi connectivity index (χ0n) is 13.5. The number of nitrogens with zero attached hydrogens (tertiary/aromatic N) is 3. The van der Waals surface area contributed by atoms with E-state index in [4.69, 9.17) is 0 Å². The highest BCUT2D eigenvalue weighted by Crippen LogP contribution is 2.13. The third-order valence-electron chi connectivity index (χ3n) is 3.78. The standard InChI is InChI=1S/C16H20N4O4/c1-12(10-15(21)19-8-3-2-4-9-19)17-18-16(22)13-6-5-7-14(11-13)20(23)24/h5-7,11H,2-4,8-10H2,1H3,(H,18,22). The van der Waals surface area contributed by atoms with Gasteiger partial charge in [-0.1, -0.05) is 6.07 Å². The van der Waals surface area contributed by atoms with Crippen molar-refractivity contribution in [1.82, 2.24) is 10.3 Å². The van der Waals surface area contributed by atoms with Gasteiger partial charge in [-0.05, 0) is 32.3 Å². The number of piperidine rings is 1. The van der Waals surface area contributed by atoms with Crippen molar-refractivity contribution in [3.63, 3.8) is 0 Å². The lowest BCUT2D eigenvalue weighted by molar-refractivity contribution is -0.384. The lowest BCUT2D eigenvalue weighted by atomic mass is 10.1. The van der Waals surface area contributed by atoms with E-state index in [9.17, 15) is 19.7 Å². The largest absolute Gasteiger partial charge is 0.342 e. The van der Waals surface area contributed by atoms with E-state index in [0.717, 1.165) is 32.4 Å². The summed E-state index contributed by atoms with van der Waals surface area (Å²) >= 11 is 0. The monoisotopic (exact) mass is 332 g/mol. The molecule has 0 unspecified atom stereocenters. The Balaban J connectivity index is 1.91. The average Bonchev–Trinajstić information content (AvgIpc) is 2.60. The summed E-state index contributed by atoms with van der Waals surface area (Å²) in [6.07, 6.45) is 3.34. The fraction of sp³-hybridized carbons (Fsp3) is 0.438. The number of benzene rings is 1. The van der Waals surface area contributed by atoms with E-state index in [1.165, 1.54) is 24.3 Å². The molecule has 0 saturated carbocycles. The molecule has 0 spiro atoms. The number of amides is 2. The van der Waals surface area contributed by atoms with Gasteiger partial charge in [0.05, 0.1) is 11.3 Å². The Bertz CT molecular complexity index is 666. The normalized spacial score (nSPS) is 15.0. The number of likely N-dealkylation sites (tertiary alicyclic amines) is 1. The Morgan fingerprint density at radius 3 is 2.67 bits per heavy atom. The van der Waals surface area contributed by atoms with Crippen LogP contribution in [0.15, 0.2) is 29.4 Å². The van der Waals surface area contributed by atoms with Crippen molar-refractivity contribution >= 4 is 23.2 Å². The van der Waals surface area contributed by atoms with Crippen molar-refractivity contribution in [3.8, 4) is 0 Å². The Hall–Kier alpha value is -2.77. The predicted octanol–water partition coefficient (Wildman–Crippen LogP) is 2.10. The van der Waals surface area contributed by atoms with Crippen molar-refractivity contribution in [1.29, 1.82) is 0 Å². The maximum atomic E-state index is 12.1. The van der Waals surface area contributed by atoms with E-state index in [-0.39, 0.29) is 23.6 Å². The molecule has 0 atom stereocenters. The first-order chi connectivity index (χ1) is 11.5. The van der Waals surface area contributed by atoms with Crippen molar-refractivity contribution in [2.24, 2.45) is 5.10 Å². The van der Waals surface area contributed by atoms with Gasteiger partial charge in [0.15, 0.2) is 0 Å². The summed E-state index contributed by atoms with van der Waals surface area (Å²) in [4.78, 5) is 36.0. The number of hydrogen-bond acceptors (Lipinski definition) is 5. The third kappa shape index (κ3) is 4.87. The Kier molecular flexibility index (Phi) is 6.00. The summed E-state index contributed by atoms with van der Waals surface area (Å²) in [5.41, 5.74) is 2.80. The molecule has 1 fully saturated rings. The van der Waals surface area contributed by atoms with Crippen molar-refractivity contribution < 1.29 is 14.5 Å². The molecule has 2 rings (SSSR count). The fourth-order valence-corrected chi connectivity index (χ4v) is 2.48. The highest BCUT2D eigenvalue weighted by Gasteiger charge is 2.17. The van der Waals surface area contributed by atoms with Gasteiger partial charge in [0.25, 0.3) is 11.6 Å². The van der Waals surface area contributed by atoms with Crippen LogP contribution in [0.1, 0.15) is 43.0 Å². The average molecular weight is 332 g/mol. The molecule has 8 nitrogen and oxygen atoms in total. The molecule has 1 N–H and O–H groups in total. The minimum Gasteiger partial charge on any atom is -0.342 e. The van der Waals surface area contributed by atoms with Crippen LogP contribution in [0.2, 0.25) is 0 Å². The van der Waals surface area contributed by atoms with Gasteiger partial charge in [-0.3, -0.25) is 19.7 Å². The van der Waals surface area contributed by atoms with Crippen molar-refractivity contribution in [2.75, 3.05) is 13.1 Å². The topological polar surface area (TPSA) is 105 Å². The van der Waals surface area contributed by atoms with E-state index in [1.807, 2.05) is 4.90 Å². The zero-order chi connectivity index (χ0) is 17.5. The molecule has 1 aliphatic rings. The molecule has 0 radical (unpaired) electrons. The smallest absolute Gasteiger partial charge is 0.271 e. The van der Waals surface area contributed by atoms with Gasteiger partial charge in [0.2, 0.25) is 5.91 Å². The molecule has 128 valence electrons. The first-order valence-electron chi connectivity index (χ1n) is 7.83. The van der Waals surface area contributed by atoms with Crippen LogP contribution in [-0.2, 0) is 4.79 Å². The van der Waals surface area contributed by atoms with Crippen LogP contribution in [0.3, 0.4) is 0 Å². The van der Waals surface area contributed by atoms with Gasteiger partial charge in [-0.15, -0.1) is 0 Å². The molecule has 0 aliphatic carbocycles. The van der Waals surface area contributed by atoms with Crippen molar-refractivity contribution in [3.05, 3.63) is 39.9 Å². The molecule has 24 heavy (non-hydrogen) atoms. The molecule has 8 heteroatoms. The van der Waals surface area contributed by atoms with Gasteiger partial charge in [0.1, 0.15) is 0 Å². The number of rotatable bonds is 5. The molecular formula is C16H20N4O4. The summed E-state index contributed by atoms with van der Waals surface area (Å²) in [6, 6.07) is 5.39. The summed E-state index contributed by atoms with van der Waals surface area (Å²) in [6.45, 7) is 3.20. The number of nitro benzene ring substituents is 1. The Morgan fingerprint density at radius 1 is 1.29 bits per heavy atom. The first-order valence-corrected chi connectivity index (χ1v) is 7.83. The van der Waals surface area contributed by atoms with Crippen LogP contribution in [0.5, 0.6) is 0 Å². The van der Waals surface area contributed by atoms with Gasteiger partial charge >= 0.3 is 0 Å². The van der Waals surface area contributed by atoms with Crippen LogP contribution in [-0.4, -0.2) is 40.4 Å². The second-order valence-corrected chi connectivity index (χ2v) is 5.71. The second kappa shape index (κ2) is 8.19. The van der Waals surface area contributed by atoms with Crippen LogP contribution < -0.4 is 5.43 Å². The number of carbonyl (C=O) groups is 2. The molecule has 2 amide bonds. The quantitative estimate of drug-likeness (QED) is 0.506. The zero-order valence-corrected chi connectivity index (χ0v) is 13.5. The first kappa shape index (κ1) is 17.6. The summed E-state index contributed by atoms with van der Waals surface area (Å²) in [5.74, 6) is -0.552. The van der Waals surface area contributed by atoms with Gasteiger partial charge in [-0.25, -0.2) is 5.43 Å². The number of hydrogen-bond donors (Lipinski definition) is 1. The third-order valence-corrected chi connectivity index (χ3v) is 3.78. The Labute approximate surface area is 139 Å². The lowest BCUT2D eigenvalue weighted by Gasteiger charge is -2.26. The molecule has 1 heterocycles. The second-order valence-electron chi connectivity index (χ2n) is 5.71. The summed E-state index contributed by atoms with van der Waals surface area (Å²) in [7, 11) is 0. The number of nitrogens with one attached hydrogen (secondary N) is 1. The van der Waals surface area contributed by atoms with E-state index in [2.05, 4.69) is 10.5 Å². The van der Waals surface area contributed by atoms with E-state index >= 15 is 0 Å². The molecule has 1 aromatic carbocycles. The van der Waals surface area contributed by atoms with Gasteiger partial charge in [0, 0.05) is 36.5 Å². The fourth-order valence-electron chi connectivity index (χ4n) is 2.48. The molecule has 1 aromatic rings. The molecule has 1 aliphatic heterocycles. The molecule has 1 saturated heterocycles. The minimum absolute atomic E-state index is 0.000507. The number of hydrazone groups is 1. The maximum absolute atomic E-state index is 12.1. The molecular weight excluding hydrogens is 312 g/mol. The number of non-ortho nitro benzene ring substituents is 1. The molecule has 0 aromatic heterocycles. The lowest BCUT2D eigenvalue weighted by Crippen LogP contribution is -2.36. The molecule has 0 bridgehead atoms. The number of nitro groups is 1. The van der Waals surface area contributed by atoms with E-state index in [1.54, 1.807) is 6.92 Å². The van der Waals surface area contributed by atoms with Crippen LogP contribution in [0.4, 0.5) is 5.69 Å². The summed E-state index contributed by atoms with van der Waals surface area (Å²) in [5, 5.41) is 14.6. The minimum atomic E-state index is -0.567. The van der Waals surface area contributed by atoms with Gasteiger partial charge < -0.3 is 4.90 Å². The van der Waals surface area contributed by atoms with Gasteiger partial charge in [-0.2, -0.15) is 5.10 Å². The predicted molar refractivity (Wildman–Crippen MR) is 88.7 cm³/mol. The Morgan fingerprint density at radius 2 is 2.00 bits per heavy atom. The summed E-state index contributed by atoms with van der Waals surface area (Å²) < 4.78 is 0. The van der Waals surface area contributed by atoms with Crippen LogP contribution >= 0.6 is 0 Å². The highest BCUT2D eigenvalue weighted by atomic mass is 16.6. The van der Waals surface area contributed by atoms with E-state index < -0.39 is 10.8 Å². The maximum Gasteiger partial charge on any atom is 0.271 e. The van der Waals surface area contributed by atoms with E-state index in [0.29, 0.717) is 5.71 Å². The number of carbonyl (C=O) groups excluding carboxylic acids is 2. The highest BCUT2D eigenvalue weighted by molar-refractivity contribution is 6.01.